The molecule has 0 aromatic rings. The summed E-state index contributed by atoms with van der Waals surface area (Å²) in [5.74, 6) is 2.16. The van der Waals surface area contributed by atoms with Crippen molar-refractivity contribution in [3.8, 4) is 0 Å². The van der Waals surface area contributed by atoms with Gasteiger partial charge in [0.2, 0.25) is 0 Å². The summed E-state index contributed by atoms with van der Waals surface area (Å²) in [7, 11) is 0. The van der Waals surface area contributed by atoms with Crippen molar-refractivity contribution in [3.63, 3.8) is 0 Å². The second-order valence-electron chi connectivity index (χ2n) is 3.12. The second-order valence-corrected chi connectivity index (χ2v) is 4.22. The summed E-state index contributed by atoms with van der Waals surface area (Å²) in [5, 5.41) is 8.58. The van der Waals surface area contributed by atoms with Gasteiger partial charge in [0, 0.05) is 25.5 Å². The topological polar surface area (TPSA) is 55.5 Å². The van der Waals surface area contributed by atoms with Crippen LogP contribution in [0.4, 0.5) is 0 Å². The Morgan fingerprint density at radius 1 is 1.58 bits per heavy atom. The van der Waals surface area contributed by atoms with Gasteiger partial charge in [0.15, 0.2) is 0 Å². The Hall–Kier alpha value is 0.230. The number of rotatable bonds is 5. The van der Waals surface area contributed by atoms with Gasteiger partial charge in [0.1, 0.15) is 0 Å². The molecule has 1 saturated heterocycles. The van der Waals surface area contributed by atoms with Crippen molar-refractivity contribution in [1.29, 1.82) is 0 Å². The largest absolute Gasteiger partial charge is 0.396 e. The lowest BCUT2D eigenvalue weighted by Crippen LogP contribution is -2.41. The molecule has 72 valence electrons. The molecule has 0 spiro atoms. The van der Waals surface area contributed by atoms with Gasteiger partial charge in [-0.25, -0.2) is 0 Å². The maximum Gasteiger partial charge on any atom is 0.0901 e. The van der Waals surface area contributed by atoms with E-state index >= 15 is 0 Å². The smallest absolute Gasteiger partial charge is 0.0901 e. The maximum atomic E-state index is 8.58. The Morgan fingerprint density at radius 2 is 2.42 bits per heavy atom. The Kier molecular flexibility index (Phi) is 4.35. The van der Waals surface area contributed by atoms with Crippen LogP contribution in [0.15, 0.2) is 0 Å². The van der Waals surface area contributed by atoms with Crippen LogP contribution in [0.5, 0.6) is 0 Å². The average Bonchev–Trinajstić information content (AvgIpc) is 2.55. The third kappa shape index (κ3) is 2.62. The predicted octanol–water partition coefficient (Wildman–Crippen LogP) is 0.220. The fourth-order valence-corrected chi connectivity index (χ4v) is 2.65. The van der Waals surface area contributed by atoms with Crippen molar-refractivity contribution in [1.82, 2.24) is 0 Å². The summed E-state index contributed by atoms with van der Waals surface area (Å²) < 4.78 is 5.67. The van der Waals surface area contributed by atoms with Crippen molar-refractivity contribution in [3.05, 3.63) is 0 Å². The minimum atomic E-state index is -0.0835. The second kappa shape index (κ2) is 5.07. The third-order valence-corrected chi connectivity index (χ3v) is 3.37. The Morgan fingerprint density at radius 3 is 2.92 bits per heavy atom. The predicted molar refractivity (Wildman–Crippen MR) is 51.4 cm³/mol. The number of thioether (sulfide) groups is 1. The van der Waals surface area contributed by atoms with E-state index in [1.807, 2.05) is 11.8 Å². The molecule has 1 rings (SSSR count). The number of hydrogen-bond donors (Lipinski definition) is 2. The van der Waals surface area contributed by atoms with Crippen LogP contribution >= 0.6 is 11.8 Å². The first-order valence-corrected chi connectivity index (χ1v) is 5.51. The fourth-order valence-electron chi connectivity index (χ4n) is 1.28. The van der Waals surface area contributed by atoms with Crippen molar-refractivity contribution in [2.45, 2.75) is 18.4 Å². The standard InChI is InChI=1S/C8H17NO2S/c9-6-8(2-5-12-7-8)11-4-1-3-10/h10H,1-7,9H2. The minimum Gasteiger partial charge on any atom is -0.396 e. The summed E-state index contributed by atoms with van der Waals surface area (Å²) >= 11 is 1.90. The SMILES string of the molecule is NCC1(OCCCO)CCSC1. The molecule has 0 bridgehead atoms. The molecule has 0 radical (unpaired) electrons. The first kappa shape index (κ1) is 10.3. The molecular weight excluding hydrogens is 174 g/mol. The highest BCUT2D eigenvalue weighted by atomic mass is 32.2. The molecular formula is C8H17NO2S. The van der Waals surface area contributed by atoms with Gasteiger partial charge in [-0.15, -0.1) is 0 Å². The van der Waals surface area contributed by atoms with E-state index in [1.165, 1.54) is 0 Å². The van der Waals surface area contributed by atoms with E-state index in [4.69, 9.17) is 15.6 Å². The fraction of sp³-hybridized carbons (Fsp3) is 1.00. The molecule has 0 aromatic heterocycles. The summed E-state index contributed by atoms with van der Waals surface area (Å²) in [6.45, 7) is 1.44. The molecule has 12 heavy (non-hydrogen) atoms. The number of aliphatic hydroxyl groups excluding tert-OH is 1. The first-order valence-electron chi connectivity index (χ1n) is 4.36. The van der Waals surface area contributed by atoms with Crippen LogP contribution in [0.2, 0.25) is 0 Å². The highest BCUT2D eigenvalue weighted by Crippen LogP contribution is 2.30. The van der Waals surface area contributed by atoms with Crippen molar-refractivity contribution >= 4 is 11.8 Å². The van der Waals surface area contributed by atoms with Gasteiger partial charge in [-0.3, -0.25) is 0 Å². The van der Waals surface area contributed by atoms with Gasteiger partial charge in [-0.1, -0.05) is 0 Å². The molecule has 1 atom stereocenters. The molecule has 3 nitrogen and oxygen atoms in total. The van der Waals surface area contributed by atoms with Gasteiger partial charge < -0.3 is 15.6 Å². The van der Waals surface area contributed by atoms with Crippen LogP contribution in [0.25, 0.3) is 0 Å². The van der Waals surface area contributed by atoms with E-state index in [0.29, 0.717) is 19.6 Å². The minimum absolute atomic E-state index is 0.0835. The number of aliphatic hydroxyl groups is 1. The number of hydrogen-bond acceptors (Lipinski definition) is 4. The van der Waals surface area contributed by atoms with Gasteiger partial charge >= 0.3 is 0 Å². The van der Waals surface area contributed by atoms with Crippen LogP contribution < -0.4 is 5.73 Å². The zero-order chi connectivity index (χ0) is 8.86. The molecule has 0 amide bonds. The molecule has 1 unspecified atom stereocenters. The van der Waals surface area contributed by atoms with E-state index in [9.17, 15) is 0 Å². The first-order chi connectivity index (χ1) is 5.83. The number of nitrogens with two attached hydrogens (primary N) is 1. The van der Waals surface area contributed by atoms with E-state index < -0.39 is 0 Å². The maximum absolute atomic E-state index is 8.58. The zero-order valence-electron chi connectivity index (χ0n) is 7.29. The third-order valence-electron chi connectivity index (χ3n) is 2.15. The molecule has 0 aromatic carbocycles. The van der Waals surface area contributed by atoms with Crippen LogP contribution in [-0.2, 0) is 4.74 Å². The summed E-state index contributed by atoms with van der Waals surface area (Å²) in [5.41, 5.74) is 5.57. The lowest BCUT2D eigenvalue weighted by molar-refractivity contribution is -0.0237. The number of ether oxygens (including phenoxy) is 1. The Balaban J connectivity index is 2.24. The van der Waals surface area contributed by atoms with E-state index in [0.717, 1.165) is 17.9 Å². The molecule has 1 aliphatic heterocycles. The van der Waals surface area contributed by atoms with Crippen LogP contribution in [0.3, 0.4) is 0 Å². The molecule has 0 aliphatic carbocycles. The highest BCUT2D eigenvalue weighted by molar-refractivity contribution is 7.99. The molecule has 4 heteroatoms. The van der Waals surface area contributed by atoms with E-state index in [1.54, 1.807) is 0 Å². The summed E-state index contributed by atoms with van der Waals surface area (Å²) in [6.07, 6.45) is 1.77. The average molecular weight is 191 g/mol. The Labute approximate surface area is 77.7 Å². The summed E-state index contributed by atoms with van der Waals surface area (Å²) in [6, 6.07) is 0. The van der Waals surface area contributed by atoms with E-state index in [-0.39, 0.29) is 12.2 Å². The highest BCUT2D eigenvalue weighted by Gasteiger charge is 2.33. The lowest BCUT2D eigenvalue weighted by Gasteiger charge is -2.26. The van der Waals surface area contributed by atoms with Crippen LogP contribution in [0.1, 0.15) is 12.8 Å². The van der Waals surface area contributed by atoms with Gasteiger partial charge in [-0.2, -0.15) is 11.8 Å². The van der Waals surface area contributed by atoms with Gasteiger partial charge in [-0.05, 0) is 18.6 Å². The van der Waals surface area contributed by atoms with Crippen molar-refractivity contribution < 1.29 is 9.84 Å². The lowest BCUT2D eigenvalue weighted by atomic mass is 10.0. The molecule has 1 fully saturated rings. The molecule has 1 aliphatic rings. The zero-order valence-corrected chi connectivity index (χ0v) is 8.11. The normalized spacial score (nSPS) is 29.5. The summed E-state index contributed by atoms with van der Waals surface area (Å²) in [4.78, 5) is 0. The van der Waals surface area contributed by atoms with Gasteiger partial charge in [0.05, 0.1) is 5.60 Å². The molecule has 0 saturated carbocycles. The van der Waals surface area contributed by atoms with E-state index in [2.05, 4.69) is 0 Å². The van der Waals surface area contributed by atoms with Crippen LogP contribution in [0, 0.1) is 0 Å². The Bertz CT molecular complexity index is 126. The molecule has 3 N–H and O–H groups in total. The van der Waals surface area contributed by atoms with Crippen LogP contribution in [-0.4, -0.2) is 42.0 Å². The van der Waals surface area contributed by atoms with Crippen molar-refractivity contribution in [2.75, 3.05) is 31.3 Å². The van der Waals surface area contributed by atoms with Gasteiger partial charge in [0.25, 0.3) is 0 Å². The van der Waals surface area contributed by atoms with Crippen molar-refractivity contribution in [2.24, 2.45) is 5.73 Å². The quantitative estimate of drug-likeness (QED) is 0.610. The monoisotopic (exact) mass is 191 g/mol. The molecule has 1 heterocycles.